The van der Waals surface area contributed by atoms with Crippen LogP contribution in [0.3, 0.4) is 0 Å². The minimum atomic E-state index is 0.297. The van der Waals surface area contributed by atoms with Crippen molar-refractivity contribution in [1.29, 1.82) is 0 Å². The standard InChI is InChI=1S/C17H25NO2/c1-2-18-17-15-6-4-3-5-14(15)7-8-16(17)20-12-13-9-10-19-11-13/h3-6,13,16-18H,2,7-12H2,1H3. The molecule has 1 aromatic carbocycles. The zero-order valence-corrected chi connectivity index (χ0v) is 12.3. The van der Waals surface area contributed by atoms with Crippen LogP contribution in [-0.4, -0.2) is 32.5 Å². The van der Waals surface area contributed by atoms with Crippen molar-refractivity contribution in [2.45, 2.75) is 38.3 Å². The van der Waals surface area contributed by atoms with Crippen LogP contribution >= 0.6 is 0 Å². The molecule has 0 spiro atoms. The molecule has 3 rings (SSSR count). The van der Waals surface area contributed by atoms with Crippen LogP contribution in [0.2, 0.25) is 0 Å². The largest absolute Gasteiger partial charge is 0.381 e. The van der Waals surface area contributed by atoms with Crippen LogP contribution in [0.15, 0.2) is 24.3 Å². The molecule has 0 saturated carbocycles. The van der Waals surface area contributed by atoms with Gasteiger partial charge >= 0.3 is 0 Å². The molecule has 1 aromatic rings. The van der Waals surface area contributed by atoms with Gasteiger partial charge in [-0.1, -0.05) is 31.2 Å². The van der Waals surface area contributed by atoms with E-state index < -0.39 is 0 Å². The van der Waals surface area contributed by atoms with Crippen LogP contribution in [0.25, 0.3) is 0 Å². The van der Waals surface area contributed by atoms with Crippen molar-refractivity contribution in [2.24, 2.45) is 5.92 Å². The van der Waals surface area contributed by atoms with Crippen LogP contribution in [0.4, 0.5) is 0 Å². The molecule has 3 atom stereocenters. The van der Waals surface area contributed by atoms with Crippen molar-refractivity contribution in [3.05, 3.63) is 35.4 Å². The Labute approximate surface area is 121 Å². The maximum Gasteiger partial charge on any atom is 0.0773 e. The van der Waals surface area contributed by atoms with Crippen LogP contribution < -0.4 is 5.32 Å². The summed E-state index contributed by atoms with van der Waals surface area (Å²) in [6, 6.07) is 9.11. The van der Waals surface area contributed by atoms with Gasteiger partial charge in [0.15, 0.2) is 0 Å². The molecular formula is C17H25NO2. The Morgan fingerprint density at radius 2 is 2.20 bits per heavy atom. The molecule has 1 heterocycles. The van der Waals surface area contributed by atoms with Gasteiger partial charge in [-0.05, 0) is 36.9 Å². The summed E-state index contributed by atoms with van der Waals surface area (Å²) in [6.45, 7) is 5.76. The number of rotatable bonds is 5. The Balaban J connectivity index is 1.67. The van der Waals surface area contributed by atoms with Gasteiger partial charge in [0, 0.05) is 12.5 Å². The molecule has 0 radical (unpaired) electrons. The maximum absolute atomic E-state index is 6.25. The molecule has 3 heteroatoms. The molecular weight excluding hydrogens is 250 g/mol. The number of hydrogen-bond acceptors (Lipinski definition) is 3. The molecule has 1 aliphatic heterocycles. The predicted molar refractivity (Wildman–Crippen MR) is 79.8 cm³/mol. The van der Waals surface area contributed by atoms with Gasteiger partial charge in [0.05, 0.1) is 25.4 Å². The van der Waals surface area contributed by atoms with Crippen molar-refractivity contribution < 1.29 is 9.47 Å². The van der Waals surface area contributed by atoms with Crippen LogP contribution in [0, 0.1) is 5.92 Å². The molecule has 0 bridgehead atoms. The highest BCUT2D eigenvalue weighted by Crippen LogP contribution is 2.32. The number of aryl methyl sites for hydroxylation is 1. The van der Waals surface area contributed by atoms with Crippen LogP contribution in [-0.2, 0) is 15.9 Å². The lowest BCUT2D eigenvalue weighted by Gasteiger charge is -2.34. The Hall–Kier alpha value is -0.900. The quantitative estimate of drug-likeness (QED) is 0.896. The fourth-order valence-electron chi connectivity index (χ4n) is 3.35. The van der Waals surface area contributed by atoms with Crippen LogP contribution in [0.5, 0.6) is 0 Å². The number of likely N-dealkylation sites (N-methyl/N-ethyl adjacent to an activating group) is 1. The molecule has 3 unspecified atom stereocenters. The molecule has 3 nitrogen and oxygen atoms in total. The topological polar surface area (TPSA) is 30.5 Å². The van der Waals surface area contributed by atoms with Crippen molar-refractivity contribution >= 4 is 0 Å². The first kappa shape index (κ1) is 14.1. The summed E-state index contributed by atoms with van der Waals surface area (Å²) in [5.41, 5.74) is 2.90. The lowest BCUT2D eigenvalue weighted by Crippen LogP contribution is -2.38. The molecule has 1 aliphatic carbocycles. The van der Waals surface area contributed by atoms with E-state index in [0.29, 0.717) is 18.1 Å². The zero-order valence-electron chi connectivity index (χ0n) is 12.3. The summed E-state index contributed by atoms with van der Waals surface area (Å²) >= 11 is 0. The molecule has 0 amide bonds. The lowest BCUT2D eigenvalue weighted by atomic mass is 9.85. The second-order valence-corrected chi connectivity index (χ2v) is 5.87. The zero-order chi connectivity index (χ0) is 13.8. The predicted octanol–water partition coefficient (Wildman–Crippen LogP) is 2.71. The van der Waals surface area contributed by atoms with E-state index in [0.717, 1.165) is 45.6 Å². The third kappa shape index (κ3) is 3.05. The van der Waals surface area contributed by atoms with Gasteiger partial charge in [-0.2, -0.15) is 0 Å². The highest BCUT2D eigenvalue weighted by molar-refractivity contribution is 5.33. The minimum Gasteiger partial charge on any atom is -0.381 e. The summed E-state index contributed by atoms with van der Waals surface area (Å²) in [6.07, 6.45) is 3.69. The second kappa shape index (κ2) is 6.70. The van der Waals surface area contributed by atoms with E-state index in [-0.39, 0.29) is 0 Å². The molecule has 20 heavy (non-hydrogen) atoms. The van der Waals surface area contributed by atoms with E-state index in [9.17, 15) is 0 Å². The van der Waals surface area contributed by atoms with Gasteiger partial charge in [-0.15, -0.1) is 0 Å². The third-order valence-corrected chi connectivity index (χ3v) is 4.45. The SMILES string of the molecule is CCNC1c2ccccc2CCC1OCC1CCOC1. The lowest BCUT2D eigenvalue weighted by molar-refractivity contribution is -0.00470. The van der Waals surface area contributed by atoms with Gasteiger partial charge in [-0.25, -0.2) is 0 Å². The Bertz CT molecular complexity index is 429. The minimum absolute atomic E-state index is 0.297. The van der Waals surface area contributed by atoms with Gasteiger partial charge < -0.3 is 14.8 Å². The molecule has 110 valence electrons. The number of nitrogens with one attached hydrogen (secondary N) is 1. The maximum atomic E-state index is 6.25. The van der Waals surface area contributed by atoms with Gasteiger partial charge in [0.1, 0.15) is 0 Å². The molecule has 1 N–H and O–H groups in total. The van der Waals surface area contributed by atoms with E-state index >= 15 is 0 Å². The summed E-state index contributed by atoms with van der Waals surface area (Å²) in [5, 5.41) is 3.61. The highest BCUT2D eigenvalue weighted by Gasteiger charge is 2.30. The van der Waals surface area contributed by atoms with Crippen molar-refractivity contribution in [3.63, 3.8) is 0 Å². The summed E-state index contributed by atoms with van der Waals surface area (Å²) in [7, 11) is 0. The molecule has 1 saturated heterocycles. The third-order valence-electron chi connectivity index (χ3n) is 4.45. The van der Waals surface area contributed by atoms with Crippen molar-refractivity contribution in [2.75, 3.05) is 26.4 Å². The highest BCUT2D eigenvalue weighted by atomic mass is 16.5. The van der Waals surface area contributed by atoms with E-state index in [1.807, 2.05) is 0 Å². The average molecular weight is 275 g/mol. The Kier molecular flexibility index (Phi) is 4.71. The van der Waals surface area contributed by atoms with E-state index in [2.05, 4.69) is 36.5 Å². The number of benzene rings is 1. The van der Waals surface area contributed by atoms with Gasteiger partial charge in [0.2, 0.25) is 0 Å². The first-order valence-corrected chi connectivity index (χ1v) is 7.89. The van der Waals surface area contributed by atoms with Crippen LogP contribution in [0.1, 0.15) is 36.9 Å². The van der Waals surface area contributed by atoms with E-state index in [4.69, 9.17) is 9.47 Å². The fourth-order valence-corrected chi connectivity index (χ4v) is 3.35. The van der Waals surface area contributed by atoms with Crippen molar-refractivity contribution in [3.8, 4) is 0 Å². The first-order chi connectivity index (χ1) is 9.88. The second-order valence-electron chi connectivity index (χ2n) is 5.87. The summed E-state index contributed by atoms with van der Waals surface area (Å²) in [4.78, 5) is 0. The number of fused-ring (bicyclic) bond motifs is 1. The Morgan fingerprint density at radius 1 is 1.30 bits per heavy atom. The average Bonchev–Trinajstić information content (AvgIpc) is 3.00. The van der Waals surface area contributed by atoms with Gasteiger partial charge in [0.25, 0.3) is 0 Å². The first-order valence-electron chi connectivity index (χ1n) is 7.89. The molecule has 0 aromatic heterocycles. The summed E-state index contributed by atoms with van der Waals surface area (Å²) < 4.78 is 11.7. The number of hydrogen-bond donors (Lipinski definition) is 1. The smallest absolute Gasteiger partial charge is 0.0773 e. The van der Waals surface area contributed by atoms with Crippen molar-refractivity contribution in [1.82, 2.24) is 5.32 Å². The fraction of sp³-hybridized carbons (Fsp3) is 0.647. The number of ether oxygens (including phenoxy) is 2. The van der Waals surface area contributed by atoms with Gasteiger partial charge in [-0.3, -0.25) is 0 Å². The normalized spacial score (nSPS) is 29.4. The molecule has 2 aliphatic rings. The monoisotopic (exact) mass is 275 g/mol. The van der Waals surface area contributed by atoms with E-state index in [1.165, 1.54) is 11.1 Å². The van der Waals surface area contributed by atoms with E-state index in [1.54, 1.807) is 0 Å². The molecule has 1 fully saturated rings. The Morgan fingerprint density at radius 3 is 3.00 bits per heavy atom. The summed E-state index contributed by atoms with van der Waals surface area (Å²) in [5.74, 6) is 0.592.